The molecule has 7 heteroatoms. The number of amides is 1. The average molecular weight is 456 g/mol. The molecule has 34 heavy (non-hydrogen) atoms. The van der Waals surface area contributed by atoms with Crippen molar-refractivity contribution in [2.24, 2.45) is 0 Å². The number of likely N-dealkylation sites (tertiary alicyclic amines) is 1. The second-order valence-corrected chi connectivity index (χ2v) is 8.24. The number of fused-ring (bicyclic) bond motifs is 1. The highest BCUT2D eigenvalue weighted by Gasteiger charge is 2.46. The Morgan fingerprint density at radius 3 is 2.38 bits per heavy atom. The van der Waals surface area contributed by atoms with Crippen LogP contribution in [0.5, 0.6) is 11.5 Å². The molecule has 1 N–H and O–H groups in total. The highest BCUT2D eigenvalue weighted by molar-refractivity contribution is 6.46. The van der Waals surface area contributed by atoms with Gasteiger partial charge in [0.1, 0.15) is 19.0 Å². The van der Waals surface area contributed by atoms with Crippen molar-refractivity contribution in [1.29, 1.82) is 0 Å². The molecule has 0 radical (unpaired) electrons. The van der Waals surface area contributed by atoms with Gasteiger partial charge in [-0.25, -0.2) is 0 Å². The molecule has 1 fully saturated rings. The first-order valence-electron chi connectivity index (χ1n) is 11.2. The van der Waals surface area contributed by atoms with E-state index in [9.17, 15) is 14.7 Å². The summed E-state index contributed by atoms with van der Waals surface area (Å²) in [6, 6.07) is 15.6. The summed E-state index contributed by atoms with van der Waals surface area (Å²) in [4.78, 5) is 31.9. The third kappa shape index (κ3) is 3.90. The van der Waals surface area contributed by atoms with Crippen LogP contribution in [-0.2, 0) is 22.6 Å². The smallest absolute Gasteiger partial charge is 0.295 e. The minimum Gasteiger partial charge on any atom is -0.507 e. The maximum absolute atomic E-state index is 13.2. The van der Waals surface area contributed by atoms with Gasteiger partial charge in [-0.3, -0.25) is 14.6 Å². The molecule has 0 saturated carbocycles. The predicted molar refractivity (Wildman–Crippen MR) is 125 cm³/mol. The second kappa shape index (κ2) is 9.02. The van der Waals surface area contributed by atoms with Gasteiger partial charge in [0.25, 0.3) is 11.7 Å². The Morgan fingerprint density at radius 1 is 0.971 bits per heavy atom. The van der Waals surface area contributed by atoms with E-state index in [0.717, 1.165) is 23.1 Å². The number of aryl methyl sites for hydroxylation is 1. The van der Waals surface area contributed by atoms with E-state index in [4.69, 9.17) is 9.47 Å². The molecule has 1 unspecified atom stereocenters. The number of carbonyl (C=O) groups is 2. The maximum Gasteiger partial charge on any atom is 0.295 e. The van der Waals surface area contributed by atoms with Gasteiger partial charge in [-0.2, -0.15) is 0 Å². The maximum atomic E-state index is 13.2. The number of carbonyl (C=O) groups excluding carboxylic acids is 2. The van der Waals surface area contributed by atoms with Gasteiger partial charge in [0.2, 0.25) is 0 Å². The molecule has 0 spiro atoms. The summed E-state index contributed by atoms with van der Waals surface area (Å²) in [5, 5.41) is 11.3. The predicted octanol–water partition coefficient (Wildman–Crippen LogP) is 4.04. The summed E-state index contributed by atoms with van der Waals surface area (Å²) in [5.74, 6) is -0.540. The van der Waals surface area contributed by atoms with Crippen LogP contribution in [0.15, 0.2) is 72.6 Å². The molecule has 172 valence electrons. The van der Waals surface area contributed by atoms with Crippen molar-refractivity contribution in [3.63, 3.8) is 0 Å². The van der Waals surface area contributed by atoms with Crippen LogP contribution in [0.25, 0.3) is 5.76 Å². The standard InChI is InChI=1S/C27H24N2O5/c1-2-17-3-5-19(6-4-17)24-23(25(30)20-7-8-21-22(15-20)34-14-13-33-21)26(31)27(32)29(24)16-18-9-11-28-12-10-18/h3-12,15,24,30H,2,13-14,16H2,1H3. The summed E-state index contributed by atoms with van der Waals surface area (Å²) < 4.78 is 11.2. The molecule has 2 aromatic carbocycles. The van der Waals surface area contributed by atoms with Gasteiger partial charge in [0, 0.05) is 24.5 Å². The molecule has 3 heterocycles. The first kappa shape index (κ1) is 21.7. The van der Waals surface area contributed by atoms with E-state index in [1.54, 1.807) is 42.7 Å². The Morgan fingerprint density at radius 2 is 1.68 bits per heavy atom. The van der Waals surface area contributed by atoms with E-state index in [-0.39, 0.29) is 17.9 Å². The summed E-state index contributed by atoms with van der Waals surface area (Å²) in [6.07, 6.45) is 4.16. The third-order valence-corrected chi connectivity index (χ3v) is 6.16. The van der Waals surface area contributed by atoms with E-state index in [1.165, 1.54) is 4.90 Å². The second-order valence-electron chi connectivity index (χ2n) is 8.24. The number of Topliss-reactive ketones (excluding diaryl/α,β-unsaturated/α-hetero) is 1. The van der Waals surface area contributed by atoms with Crippen molar-refractivity contribution in [3.8, 4) is 11.5 Å². The number of ether oxygens (including phenoxy) is 2. The zero-order chi connectivity index (χ0) is 23.7. The molecule has 1 saturated heterocycles. The lowest BCUT2D eigenvalue weighted by atomic mass is 9.94. The molecular weight excluding hydrogens is 432 g/mol. The topological polar surface area (TPSA) is 89.0 Å². The summed E-state index contributed by atoms with van der Waals surface area (Å²) in [6.45, 7) is 3.13. The number of nitrogens with zero attached hydrogens (tertiary/aromatic N) is 2. The molecule has 0 aliphatic carbocycles. The van der Waals surface area contributed by atoms with Crippen molar-refractivity contribution < 1.29 is 24.2 Å². The van der Waals surface area contributed by atoms with Crippen molar-refractivity contribution in [1.82, 2.24) is 9.88 Å². The van der Waals surface area contributed by atoms with Crippen LogP contribution in [-0.4, -0.2) is 39.9 Å². The average Bonchev–Trinajstić information content (AvgIpc) is 3.13. The Labute approximate surface area is 197 Å². The van der Waals surface area contributed by atoms with Crippen molar-refractivity contribution in [3.05, 3.63) is 94.8 Å². The van der Waals surface area contributed by atoms with Crippen molar-refractivity contribution in [2.45, 2.75) is 25.9 Å². The van der Waals surface area contributed by atoms with Crippen LogP contribution in [0.3, 0.4) is 0 Å². The zero-order valence-corrected chi connectivity index (χ0v) is 18.7. The summed E-state index contributed by atoms with van der Waals surface area (Å²) in [7, 11) is 0. The van der Waals surface area contributed by atoms with E-state index in [0.29, 0.717) is 30.3 Å². The molecule has 1 amide bonds. The number of hydrogen-bond donors (Lipinski definition) is 1. The Balaban J connectivity index is 1.62. The number of hydrogen-bond acceptors (Lipinski definition) is 6. The van der Waals surface area contributed by atoms with Gasteiger partial charge < -0.3 is 19.5 Å². The molecule has 1 atom stereocenters. The Bertz CT molecular complexity index is 1270. The highest BCUT2D eigenvalue weighted by atomic mass is 16.6. The lowest BCUT2D eigenvalue weighted by Crippen LogP contribution is -2.29. The number of ketones is 1. The van der Waals surface area contributed by atoms with Gasteiger partial charge in [0.15, 0.2) is 11.5 Å². The molecule has 5 rings (SSSR count). The fourth-order valence-corrected chi connectivity index (χ4v) is 4.36. The van der Waals surface area contributed by atoms with Gasteiger partial charge in [-0.15, -0.1) is 0 Å². The van der Waals surface area contributed by atoms with Crippen LogP contribution >= 0.6 is 0 Å². The van der Waals surface area contributed by atoms with Crippen LogP contribution in [0.1, 0.15) is 35.2 Å². The lowest BCUT2D eigenvalue weighted by molar-refractivity contribution is -0.140. The molecule has 7 nitrogen and oxygen atoms in total. The number of aliphatic hydroxyl groups excluding tert-OH is 1. The highest BCUT2D eigenvalue weighted by Crippen LogP contribution is 2.41. The molecule has 0 bridgehead atoms. The number of aromatic nitrogens is 1. The van der Waals surface area contributed by atoms with Crippen LogP contribution < -0.4 is 9.47 Å². The first-order chi connectivity index (χ1) is 16.6. The first-order valence-corrected chi connectivity index (χ1v) is 11.2. The van der Waals surface area contributed by atoms with Gasteiger partial charge in [-0.1, -0.05) is 31.2 Å². The van der Waals surface area contributed by atoms with E-state index < -0.39 is 17.7 Å². The largest absolute Gasteiger partial charge is 0.507 e. The van der Waals surface area contributed by atoms with Crippen molar-refractivity contribution in [2.75, 3.05) is 13.2 Å². The third-order valence-electron chi connectivity index (χ3n) is 6.16. The van der Waals surface area contributed by atoms with E-state index in [2.05, 4.69) is 11.9 Å². The fraction of sp³-hybridized carbons (Fsp3) is 0.222. The van der Waals surface area contributed by atoms with Gasteiger partial charge in [0.05, 0.1) is 11.6 Å². The number of aliphatic hydroxyl groups is 1. The van der Waals surface area contributed by atoms with Gasteiger partial charge in [-0.05, 0) is 53.4 Å². The number of benzene rings is 2. The molecule has 3 aromatic rings. The van der Waals surface area contributed by atoms with E-state index in [1.807, 2.05) is 24.3 Å². The number of pyridine rings is 1. The van der Waals surface area contributed by atoms with Crippen molar-refractivity contribution >= 4 is 17.4 Å². The van der Waals surface area contributed by atoms with Gasteiger partial charge >= 0.3 is 0 Å². The molecule has 2 aliphatic rings. The fourth-order valence-electron chi connectivity index (χ4n) is 4.36. The lowest BCUT2D eigenvalue weighted by Gasteiger charge is -2.25. The number of rotatable bonds is 5. The quantitative estimate of drug-likeness (QED) is 0.354. The zero-order valence-electron chi connectivity index (χ0n) is 18.7. The normalized spacial score (nSPS) is 18.9. The summed E-state index contributed by atoms with van der Waals surface area (Å²) >= 11 is 0. The minimum absolute atomic E-state index is 0.0555. The minimum atomic E-state index is -0.729. The molecule has 2 aliphatic heterocycles. The van der Waals surface area contributed by atoms with Crippen LogP contribution in [0.2, 0.25) is 0 Å². The Kier molecular flexibility index (Phi) is 5.76. The molecular formula is C27H24N2O5. The van der Waals surface area contributed by atoms with Crippen LogP contribution in [0.4, 0.5) is 0 Å². The monoisotopic (exact) mass is 456 g/mol. The molecule has 1 aromatic heterocycles. The Hall–Kier alpha value is -4.13. The SMILES string of the molecule is CCc1ccc(C2C(=C(O)c3ccc4c(c3)OCCO4)C(=O)C(=O)N2Cc2ccncc2)cc1. The van der Waals surface area contributed by atoms with E-state index >= 15 is 0 Å². The summed E-state index contributed by atoms with van der Waals surface area (Å²) in [5.41, 5.74) is 3.18. The van der Waals surface area contributed by atoms with Crippen LogP contribution in [0, 0.1) is 0 Å².